The highest BCUT2D eigenvalue weighted by atomic mass is 32.2. The number of amidine groups is 1. The summed E-state index contributed by atoms with van der Waals surface area (Å²) in [5.74, 6) is 0.263. The number of ether oxygens (including phenoxy) is 1. The van der Waals surface area contributed by atoms with Crippen LogP contribution in [0.2, 0.25) is 0 Å². The molecule has 122 valence electrons. The van der Waals surface area contributed by atoms with Crippen molar-refractivity contribution in [3.05, 3.63) is 54.1 Å². The van der Waals surface area contributed by atoms with E-state index in [-0.39, 0.29) is 5.91 Å². The zero-order chi connectivity index (χ0) is 17.4. The van der Waals surface area contributed by atoms with Crippen LogP contribution in [-0.4, -0.2) is 24.4 Å². The number of para-hydroxylation sites is 3. The van der Waals surface area contributed by atoms with Gasteiger partial charge < -0.3 is 10.1 Å². The van der Waals surface area contributed by atoms with Crippen molar-refractivity contribution in [2.24, 2.45) is 4.99 Å². The monoisotopic (exact) mass is 340 g/mol. The highest BCUT2D eigenvalue weighted by molar-refractivity contribution is 8.13. The number of carbonyl (C=O) groups is 1. The van der Waals surface area contributed by atoms with Gasteiger partial charge in [0.1, 0.15) is 5.75 Å². The quantitative estimate of drug-likeness (QED) is 0.386. The number of hydrogen-bond acceptors (Lipinski definition) is 5. The third kappa shape index (κ3) is 4.27. The highest BCUT2D eigenvalue weighted by Crippen LogP contribution is 2.26. The smallest absolute Gasteiger partial charge is 0.257 e. The molecule has 0 spiro atoms. The third-order valence-corrected chi connectivity index (χ3v) is 3.66. The molecule has 0 bridgehead atoms. The van der Waals surface area contributed by atoms with Crippen LogP contribution in [0.25, 0.3) is 0 Å². The molecule has 0 aliphatic rings. The van der Waals surface area contributed by atoms with Crippen LogP contribution >= 0.6 is 11.8 Å². The molecule has 0 unspecified atom stereocenters. The lowest BCUT2D eigenvalue weighted by Gasteiger charge is -2.11. The van der Waals surface area contributed by atoms with Gasteiger partial charge in [-0.25, -0.2) is 4.99 Å². The molecular weight excluding hydrogens is 324 g/mol. The van der Waals surface area contributed by atoms with Gasteiger partial charge in [-0.3, -0.25) is 10.1 Å². The molecule has 1 amide bonds. The Morgan fingerprint density at radius 2 is 1.92 bits per heavy atom. The Hall–Kier alpha value is -2.98. The summed E-state index contributed by atoms with van der Waals surface area (Å²) in [7, 11) is 1.54. The van der Waals surface area contributed by atoms with E-state index in [2.05, 4.69) is 15.6 Å². The van der Waals surface area contributed by atoms with Gasteiger partial charge in [-0.05, 0) is 30.5 Å². The van der Waals surface area contributed by atoms with Crippen molar-refractivity contribution in [2.75, 3.05) is 18.7 Å². The van der Waals surface area contributed by atoms with Gasteiger partial charge in [-0.1, -0.05) is 36.0 Å². The number of aliphatic imine (C=N–C) groups is 1. The summed E-state index contributed by atoms with van der Waals surface area (Å²) in [6.07, 6.45) is 3.62. The van der Waals surface area contributed by atoms with Crippen molar-refractivity contribution in [2.45, 2.75) is 0 Å². The van der Waals surface area contributed by atoms with Crippen molar-refractivity contribution in [1.82, 2.24) is 5.32 Å². The zero-order valence-corrected chi connectivity index (χ0v) is 14.1. The van der Waals surface area contributed by atoms with Gasteiger partial charge in [0, 0.05) is 0 Å². The van der Waals surface area contributed by atoms with Crippen molar-refractivity contribution >= 4 is 34.2 Å². The number of rotatable bonds is 4. The number of amides is 1. The molecule has 2 aromatic carbocycles. The molecule has 0 saturated heterocycles. The second kappa shape index (κ2) is 8.60. The van der Waals surface area contributed by atoms with E-state index in [1.54, 1.807) is 49.8 Å². The number of benzene rings is 2. The minimum atomic E-state index is -0.309. The molecule has 0 saturated carbocycles. The predicted molar refractivity (Wildman–Crippen MR) is 96.7 cm³/mol. The molecule has 0 aromatic heterocycles. The Morgan fingerprint density at radius 1 is 1.21 bits per heavy atom. The molecular formula is C17H16N4O2S. The summed E-state index contributed by atoms with van der Waals surface area (Å²) in [6.45, 7) is 0. The van der Waals surface area contributed by atoms with Crippen molar-refractivity contribution in [3.8, 4) is 11.9 Å². The van der Waals surface area contributed by atoms with Gasteiger partial charge in [-0.2, -0.15) is 5.26 Å². The lowest BCUT2D eigenvalue weighted by molar-refractivity contribution is 0.102. The van der Waals surface area contributed by atoms with E-state index in [4.69, 9.17) is 10.00 Å². The second-order valence-corrected chi connectivity index (χ2v) is 5.32. The molecule has 2 rings (SSSR count). The maximum atomic E-state index is 12.6. The lowest BCUT2D eigenvalue weighted by atomic mass is 10.1. The van der Waals surface area contributed by atoms with Crippen LogP contribution in [-0.2, 0) is 0 Å². The first-order chi connectivity index (χ1) is 11.7. The molecule has 0 atom stereocenters. The first-order valence-electron chi connectivity index (χ1n) is 7.00. The standard InChI is InChI=1S/C17H16N4O2S/c1-23-15-10-6-5-9-14(15)20-16(22)12-7-3-4-8-13(12)21-17(24-2)19-11-18/h3-10H,1-2H3,(H,19,21)(H,20,22). The second-order valence-electron chi connectivity index (χ2n) is 4.53. The summed E-state index contributed by atoms with van der Waals surface area (Å²) in [5.41, 5.74) is 1.44. The summed E-state index contributed by atoms with van der Waals surface area (Å²) in [5, 5.41) is 14.4. The first kappa shape index (κ1) is 17.4. The molecule has 0 radical (unpaired) electrons. The third-order valence-electron chi connectivity index (χ3n) is 3.08. The molecule has 0 aliphatic heterocycles. The number of nitrogens with zero attached hydrogens (tertiary/aromatic N) is 2. The van der Waals surface area contributed by atoms with E-state index in [0.717, 1.165) is 0 Å². The Morgan fingerprint density at radius 3 is 2.62 bits per heavy atom. The van der Waals surface area contributed by atoms with E-state index in [9.17, 15) is 4.79 Å². The molecule has 7 heteroatoms. The van der Waals surface area contributed by atoms with Gasteiger partial charge in [0.25, 0.3) is 5.91 Å². The van der Waals surface area contributed by atoms with E-state index >= 15 is 0 Å². The molecule has 2 N–H and O–H groups in total. The largest absolute Gasteiger partial charge is 0.495 e. The van der Waals surface area contributed by atoms with Gasteiger partial charge in [0.05, 0.1) is 24.0 Å². The molecule has 2 aromatic rings. The Bertz CT molecular complexity index is 799. The van der Waals surface area contributed by atoms with Crippen LogP contribution < -0.4 is 15.4 Å². The van der Waals surface area contributed by atoms with Crippen molar-refractivity contribution < 1.29 is 9.53 Å². The zero-order valence-electron chi connectivity index (χ0n) is 13.2. The minimum Gasteiger partial charge on any atom is -0.495 e. The summed E-state index contributed by atoms with van der Waals surface area (Å²) >= 11 is 1.28. The number of nitriles is 1. The highest BCUT2D eigenvalue weighted by Gasteiger charge is 2.13. The number of carbonyl (C=O) groups excluding carboxylic acids is 1. The normalized spacial score (nSPS) is 10.6. The van der Waals surface area contributed by atoms with Crippen LogP contribution in [0.1, 0.15) is 10.4 Å². The number of nitrogens with one attached hydrogen (secondary N) is 2. The summed E-state index contributed by atoms with van der Waals surface area (Å²) in [6, 6.07) is 14.1. The number of anilines is 1. The van der Waals surface area contributed by atoms with Gasteiger partial charge in [0.2, 0.25) is 0 Å². The Kier molecular flexibility index (Phi) is 6.23. The summed E-state index contributed by atoms with van der Waals surface area (Å²) < 4.78 is 5.23. The fourth-order valence-electron chi connectivity index (χ4n) is 1.98. The number of thioether (sulfide) groups is 1. The van der Waals surface area contributed by atoms with E-state index in [1.807, 2.05) is 18.3 Å². The van der Waals surface area contributed by atoms with Crippen molar-refractivity contribution in [1.29, 1.82) is 5.26 Å². The van der Waals surface area contributed by atoms with Gasteiger partial charge in [0.15, 0.2) is 11.4 Å². The lowest BCUT2D eigenvalue weighted by Crippen LogP contribution is -2.15. The van der Waals surface area contributed by atoms with Gasteiger partial charge in [-0.15, -0.1) is 0 Å². The van der Waals surface area contributed by atoms with Crippen LogP contribution in [0.3, 0.4) is 0 Å². The summed E-state index contributed by atoms with van der Waals surface area (Å²) in [4.78, 5) is 16.9. The average molecular weight is 340 g/mol. The van der Waals surface area contributed by atoms with Crippen LogP contribution in [0, 0.1) is 11.5 Å². The first-order valence-corrected chi connectivity index (χ1v) is 8.23. The fourth-order valence-corrected chi connectivity index (χ4v) is 2.32. The topological polar surface area (TPSA) is 86.5 Å². The van der Waals surface area contributed by atoms with Crippen LogP contribution in [0.15, 0.2) is 53.5 Å². The fraction of sp³-hybridized carbons (Fsp3) is 0.118. The predicted octanol–water partition coefficient (Wildman–Crippen LogP) is 3.37. The van der Waals surface area contributed by atoms with E-state index < -0.39 is 0 Å². The van der Waals surface area contributed by atoms with Gasteiger partial charge >= 0.3 is 0 Å². The average Bonchev–Trinajstić information content (AvgIpc) is 2.62. The molecule has 0 fully saturated rings. The molecule has 0 aliphatic carbocycles. The Labute approximate surface area is 144 Å². The Balaban J connectivity index is 2.32. The van der Waals surface area contributed by atoms with Crippen LogP contribution in [0.4, 0.5) is 11.4 Å². The molecule has 24 heavy (non-hydrogen) atoms. The molecule has 6 nitrogen and oxygen atoms in total. The number of hydrogen-bond donors (Lipinski definition) is 2. The van der Waals surface area contributed by atoms with Crippen molar-refractivity contribution in [3.63, 3.8) is 0 Å². The maximum absolute atomic E-state index is 12.6. The van der Waals surface area contributed by atoms with E-state index in [0.29, 0.717) is 27.9 Å². The van der Waals surface area contributed by atoms with E-state index in [1.165, 1.54) is 11.8 Å². The van der Waals surface area contributed by atoms with Crippen LogP contribution in [0.5, 0.6) is 5.75 Å². The SMILES string of the molecule is COc1ccccc1NC(=O)c1ccccc1N=C(NC#N)SC. The molecule has 0 heterocycles. The minimum absolute atomic E-state index is 0.309. The maximum Gasteiger partial charge on any atom is 0.257 e. The number of methoxy groups -OCH3 is 1.